The van der Waals surface area contributed by atoms with E-state index < -0.39 is 12.3 Å². The van der Waals surface area contributed by atoms with E-state index in [1.165, 1.54) is 0 Å². The molecule has 94 valence electrons. The number of amides is 2. The largest absolute Gasteiger partial charge is 0.485 e. The highest BCUT2D eigenvalue weighted by Gasteiger charge is 2.29. The molecule has 0 aliphatic carbocycles. The zero-order valence-corrected chi connectivity index (χ0v) is 9.40. The number of carbonyl (C=O) groups is 1. The molecule has 2 N–H and O–H groups in total. The van der Waals surface area contributed by atoms with Crippen LogP contribution in [0.4, 0.5) is 18.0 Å². The van der Waals surface area contributed by atoms with Crippen molar-refractivity contribution in [3.8, 4) is 0 Å². The minimum atomic E-state index is -4.71. The van der Waals surface area contributed by atoms with E-state index in [0.29, 0.717) is 11.4 Å². The third kappa shape index (κ3) is 5.44. The Kier molecular flexibility index (Phi) is 4.62. The molecule has 0 saturated heterocycles. The molecule has 0 radical (unpaired) electrons. The lowest BCUT2D eigenvalue weighted by molar-refractivity contribution is -0.145. The Bertz CT molecular complexity index is 395. The first-order valence-electron chi connectivity index (χ1n) is 4.74. The van der Waals surface area contributed by atoms with Crippen molar-refractivity contribution in [2.75, 3.05) is 6.54 Å². The van der Waals surface area contributed by atoms with Crippen LogP contribution >= 0.6 is 11.6 Å². The first-order chi connectivity index (χ1) is 7.88. The van der Waals surface area contributed by atoms with Crippen molar-refractivity contribution in [2.45, 2.75) is 12.7 Å². The van der Waals surface area contributed by atoms with Crippen molar-refractivity contribution in [2.24, 2.45) is 0 Å². The van der Waals surface area contributed by atoms with Gasteiger partial charge >= 0.3 is 12.3 Å². The van der Waals surface area contributed by atoms with Crippen LogP contribution in [0.2, 0.25) is 5.02 Å². The maximum atomic E-state index is 11.7. The molecule has 1 aromatic carbocycles. The topological polar surface area (TPSA) is 41.1 Å². The van der Waals surface area contributed by atoms with E-state index in [1.807, 2.05) is 0 Å². The normalized spacial score (nSPS) is 11.1. The van der Waals surface area contributed by atoms with Gasteiger partial charge in [0.1, 0.15) is 0 Å². The maximum absolute atomic E-state index is 11.7. The van der Waals surface area contributed by atoms with Gasteiger partial charge in [-0.2, -0.15) is 13.2 Å². The van der Waals surface area contributed by atoms with Gasteiger partial charge in [0.25, 0.3) is 0 Å². The van der Waals surface area contributed by atoms with E-state index in [0.717, 1.165) is 10.9 Å². The van der Waals surface area contributed by atoms with Gasteiger partial charge in [0.05, 0.1) is 0 Å². The number of nitrogens with one attached hydrogen (secondary N) is 2. The predicted molar refractivity (Wildman–Crippen MR) is 57.7 cm³/mol. The summed E-state index contributed by atoms with van der Waals surface area (Å²) >= 11 is 5.84. The van der Waals surface area contributed by atoms with Crippen molar-refractivity contribution in [3.05, 3.63) is 34.9 Å². The van der Waals surface area contributed by atoms with E-state index >= 15 is 0 Å². The fraction of sp³-hybridized carbons (Fsp3) is 0.300. The molecule has 17 heavy (non-hydrogen) atoms. The highest BCUT2D eigenvalue weighted by molar-refractivity contribution is 6.31. The molecule has 0 atom stereocenters. The number of halogens is 4. The minimum absolute atomic E-state index is 0.0750. The Morgan fingerprint density at radius 3 is 2.53 bits per heavy atom. The first-order valence-corrected chi connectivity index (χ1v) is 5.12. The van der Waals surface area contributed by atoms with Gasteiger partial charge in [-0.15, -0.1) is 0 Å². The second-order valence-corrected chi connectivity index (χ2v) is 3.63. The SMILES string of the molecule is O=C(NCCc1ccccc1Cl)NC(F)(F)F. The van der Waals surface area contributed by atoms with Crippen LogP contribution in [-0.4, -0.2) is 18.9 Å². The molecular weight excluding hydrogens is 257 g/mol. The van der Waals surface area contributed by atoms with Crippen molar-refractivity contribution in [3.63, 3.8) is 0 Å². The molecule has 1 aromatic rings. The zero-order chi connectivity index (χ0) is 12.9. The Morgan fingerprint density at radius 1 is 1.29 bits per heavy atom. The van der Waals surface area contributed by atoms with Gasteiger partial charge in [-0.05, 0) is 18.1 Å². The third-order valence-electron chi connectivity index (χ3n) is 1.89. The van der Waals surface area contributed by atoms with E-state index in [2.05, 4.69) is 5.32 Å². The molecule has 3 nitrogen and oxygen atoms in total. The standard InChI is InChI=1S/C10H10ClF3N2O/c11-8-4-2-1-3-7(8)5-6-15-9(17)16-10(12,13)14/h1-4H,5-6H2,(H2,15,16,17). The van der Waals surface area contributed by atoms with E-state index in [-0.39, 0.29) is 6.54 Å². The number of benzene rings is 1. The summed E-state index contributed by atoms with van der Waals surface area (Å²) in [4.78, 5) is 10.8. The van der Waals surface area contributed by atoms with Crippen LogP contribution in [0.15, 0.2) is 24.3 Å². The molecule has 0 saturated carbocycles. The van der Waals surface area contributed by atoms with E-state index in [9.17, 15) is 18.0 Å². The maximum Gasteiger partial charge on any atom is 0.485 e. The summed E-state index contributed by atoms with van der Waals surface area (Å²) < 4.78 is 35.2. The highest BCUT2D eigenvalue weighted by Crippen LogP contribution is 2.14. The second-order valence-electron chi connectivity index (χ2n) is 3.22. The Morgan fingerprint density at radius 2 is 1.94 bits per heavy atom. The summed E-state index contributed by atoms with van der Waals surface area (Å²) in [6, 6.07) is 5.65. The number of hydrogen-bond acceptors (Lipinski definition) is 1. The number of hydrogen-bond donors (Lipinski definition) is 2. The summed E-state index contributed by atoms with van der Waals surface area (Å²) in [6.45, 7) is 0.0750. The number of rotatable bonds is 3. The van der Waals surface area contributed by atoms with Gasteiger partial charge in [-0.3, -0.25) is 0 Å². The molecule has 0 unspecified atom stereocenters. The summed E-state index contributed by atoms with van der Waals surface area (Å²) in [5, 5.41) is 3.44. The first kappa shape index (κ1) is 13.6. The Hall–Kier alpha value is -1.43. The summed E-state index contributed by atoms with van der Waals surface area (Å²) in [7, 11) is 0. The lowest BCUT2D eigenvalue weighted by Crippen LogP contribution is -2.44. The fourth-order valence-corrected chi connectivity index (χ4v) is 1.41. The summed E-state index contributed by atoms with van der Waals surface area (Å²) in [6.07, 6.45) is -4.35. The Balaban J connectivity index is 2.34. The van der Waals surface area contributed by atoms with Gasteiger partial charge in [0, 0.05) is 11.6 Å². The van der Waals surface area contributed by atoms with Crippen LogP contribution < -0.4 is 10.6 Å². The van der Waals surface area contributed by atoms with Crippen LogP contribution in [0.1, 0.15) is 5.56 Å². The average molecular weight is 267 g/mol. The van der Waals surface area contributed by atoms with Gasteiger partial charge < -0.3 is 5.32 Å². The zero-order valence-electron chi connectivity index (χ0n) is 8.64. The van der Waals surface area contributed by atoms with Crippen molar-refractivity contribution in [1.82, 2.24) is 10.6 Å². The van der Waals surface area contributed by atoms with Gasteiger partial charge in [-0.1, -0.05) is 29.8 Å². The third-order valence-corrected chi connectivity index (χ3v) is 2.26. The quantitative estimate of drug-likeness (QED) is 0.812. The van der Waals surface area contributed by atoms with Gasteiger partial charge in [-0.25, -0.2) is 10.1 Å². The van der Waals surface area contributed by atoms with Crippen molar-refractivity contribution >= 4 is 17.6 Å². The summed E-state index contributed by atoms with van der Waals surface area (Å²) in [5.74, 6) is 0. The fourth-order valence-electron chi connectivity index (χ4n) is 1.18. The Labute approximate surface area is 101 Å². The molecule has 0 heterocycles. The smallest absolute Gasteiger partial charge is 0.338 e. The minimum Gasteiger partial charge on any atom is -0.338 e. The van der Waals surface area contributed by atoms with Crippen molar-refractivity contribution < 1.29 is 18.0 Å². The molecule has 0 bridgehead atoms. The van der Waals surface area contributed by atoms with Crippen LogP contribution in [0.25, 0.3) is 0 Å². The lowest BCUT2D eigenvalue weighted by Gasteiger charge is -2.10. The average Bonchev–Trinajstić information content (AvgIpc) is 2.18. The predicted octanol–water partition coefficient (Wildman–Crippen LogP) is 2.70. The molecule has 0 aliphatic heterocycles. The number of urea groups is 1. The molecule has 1 rings (SSSR count). The van der Waals surface area contributed by atoms with Crippen LogP contribution in [0.5, 0.6) is 0 Å². The molecule has 0 fully saturated rings. The molecule has 0 aromatic heterocycles. The molecule has 0 aliphatic rings. The van der Waals surface area contributed by atoms with Crippen LogP contribution in [0.3, 0.4) is 0 Å². The number of carbonyl (C=O) groups excluding carboxylic acids is 1. The second kappa shape index (κ2) is 5.77. The van der Waals surface area contributed by atoms with Crippen molar-refractivity contribution in [1.29, 1.82) is 0 Å². The van der Waals surface area contributed by atoms with E-state index in [1.54, 1.807) is 24.3 Å². The van der Waals surface area contributed by atoms with Crippen LogP contribution in [-0.2, 0) is 6.42 Å². The van der Waals surface area contributed by atoms with Gasteiger partial charge in [0.2, 0.25) is 0 Å². The van der Waals surface area contributed by atoms with E-state index in [4.69, 9.17) is 11.6 Å². The molecule has 2 amide bonds. The molecular formula is C10H10ClF3N2O. The van der Waals surface area contributed by atoms with Crippen LogP contribution in [0, 0.1) is 0 Å². The highest BCUT2D eigenvalue weighted by atomic mass is 35.5. The van der Waals surface area contributed by atoms with Gasteiger partial charge in [0.15, 0.2) is 0 Å². The lowest BCUT2D eigenvalue weighted by atomic mass is 10.1. The monoisotopic (exact) mass is 266 g/mol. The molecule has 0 spiro atoms. The summed E-state index contributed by atoms with van der Waals surface area (Å²) in [5.41, 5.74) is 0.765. The number of alkyl halides is 3. The molecule has 7 heteroatoms.